The molecular weight excluding hydrogens is 354 g/mol. The molecule has 6 nitrogen and oxygen atoms in total. The lowest BCUT2D eigenvalue weighted by atomic mass is 10.2. The number of benzene rings is 1. The van der Waals surface area contributed by atoms with Crippen LogP contribution in [0.2, 0.25) is 0 Å². The molecule has 22 heavy (non-hydrogen) atoms. The van der Waals surface area contributed by atoms with Crippen LogP contribution in [-0.2, 0) is 9.53 Å². The Morgan fingerprint density at radius 1 is 1.32 bits per heavy atom. The first-order chi connectivity index (χ1) is 10.4. The van der Waals surface area contributed by atoms with E-state index < -0.39 is 12.1 Å². The van der Waals surface area contributed by atoms with E-state index in [1.165, 1.54) is 20.1 Å². The molecule has 1 aromatic carbocycles. The third kappa shape index (κ3) is 4.62. The van der Waals surface area contributed by atoms with Gasteiger partial charge in [0.1, 0.15) is 0 Å². The van der Waals surface area contributed by atoms with Gasteiger partial charge < -0.3 is 19.5 Å². The van der Waals surface area contributed by atoms with Gasteiger partial charge in [-0.15, -0.1) is 0 Å². The van der Waals surface area contributed by atoms with Crippen molar-refractivity contribution in [1.82, 2.24) is 5.32 Å². The van der Waals surface area contributed by atoms with E-state index in [2.05, 4.69) is 21.2 Å². The van der Waals surface area contributed by atoms with Crippen molar-refractivity contribution in [2.75, 3.05) is 20.3 Å². The first kappa shape index (κ1) is 18.3. The zero-order valence-corrected chi connectivity index (χ0v) is 14.7. The van der Waals surface area contributed by atoms with Crippen LogP contribution in [0.1, 0.15) is 31.1 Å². The number of methoxy groups -OCH3 is 1. The fourth-order valence-electron chi connectivity index (χ4n) is 1.75. The number of nitrogens with one attached hydrogen (secondary N) is 1. The van der Waals surface area contributed by atoms with Crippen molar-refractivity contribution < 1.29 is 23.8 Å². The van der Waals surface area contributed by atoms with Gasteiger partial charge in [-0.05, 0) is 48.8 Å². The number of esters is 1. The zero-order chi connectivity index (χ0) is 16.7. The van der Waals surface area contributed by atoms with E-state index in [-0.39, 0.29) is 11.5 Å². The largest absolute Gasteiger partial charge is 0.492 e. The third-order valence-electron chi connectivity index (χ3n) is 2.75. The van der Waals surface area contributed by atoms with Crippen molar-refractivity contribution in [3.63, 3.8) is 0 Å². The molecule has 0 aliphatic carbocycles. The molecule has 0 aliphatic rings. The summed E-state index contributed by atoms with van der Waals surface area (Å²) in [6.45, 7) is 6.04. The number of hydrogen-bond donors (Lipinski definition) is 1. The molecule has 1 amide bonds. The monoisotopic (exact) mass is 373 g/mol. The van der Waals surface area contributed by atoms with Gasteiger partial charge in [0.25, 0.3) is 5.91 Å². The molecule has 0 unspecified atom stereocenters. The Labute approximate surface area is 138 Å². The molecule has 1 atom stereocenters. The topological polar surface area (TPSA) is 73.9 Å². The van der Waals surface area contributed by atoms with Crippen LogP contribution in [0.3, 0.4) is 0 Å². The molecule has 1 N–H and O–H groups in total. The molecular formula is C15H20BrNO5. The Hall–Kier alpha value is -1.76. The maximum absolute atomic E-state index is 12.2. The highest BCUT2D eigenvalue weighted by molar-refractivity contribution is 9.10. The van der Waals surface area contributed by atoms with Crippen LogP contribution in [0.25, 0.3) is 0 Å². The molecule has 0 saturated heterocycles. The Kier molecular flexibility index (Phi) is 7.17. The van der Waals surface area contributed by atoms with Crippen LogP contribution < -0.4 is 14.8 Å². The number of hydrogen-bond acceptors (Lipinski definition) is 5. The van der Waals surface area contributed by atoms with Crippen LogP contribution in [0.4, 0.5) is 0 Å². The first-order valence-corrected chi connectivity index (χ1v) is 7.72. The van der Waals surface area contributed by atoms with Crippen LogP contribution in [0.5, 0.6) is 11.5 Å². The van der Waals surface area contributed by atoms with Crippen molar-refractivity contribution in [3.05, 3.63) is 22.2 Å². The van der Waals surface area contributed by atoms with E-state index >= 15 is 0 Å². The first-order valence-electron chi connectivity index (χ1n) is 6.93. The Morgan fingerprint density at radius 2 is 2.00 bits per heavy atom. The summed E-state index contributed by atoms with van der Waals surface area (Å²) in [7, 11) is 1.51. The second-order valence-corrected chi connectivity index (χ2v) is 5.22. The van der Waals surface area contributed by atoms with Crippen LogP contribution >= 0.6 is 15.9 Å². The van der Waals surface area contributed by atoms with Gasteiger partial charge in [-0.3, -0.25) is 4.79 Å². The second-order valence-electron chi connectivity index (χ2n) is 4.36. The molecule has 1 aromatic rings. The summed E-state index contributed by atoms with van der Waals surface area (Å²) >= 11 is 3.32. The molecule has 0 spiro atoms. The lowest BCUT2D eigenvalue weighted by Crippen LogP contribution is -2.35. The summed E-state index contributed by atoms with van der Waals surface area (Å²) < 4.78 is 16.4. The molecule has 1 rings (SSSR count). The van der Waals surface area contributed by atoms with Gasteiger partial charge in [0.05, 0.1) is 23.8 Å². The second kappa shape index (κ2) is 8.63. The summed E-state index contributed by atoms with van der Waals surface area (Å²) in [5.74, 6) is -0.0244. The Morgan fingerprint density at radius 3 is 2.55 bits per heavy atom. The normalized spacial score (nSPS) is 11.5. The molecule has 0 radical (unpaired) electrons. The standard InChI is InChI=1S/C15H20BrNO5/c1-5-17-14(18)9(3)22-15(19)10-7-11(16)13(20-4)12(8-10)21-6-2/h7-9H,5-6H2,1-4H3,(H,17,18)/t9-/m1/s1. The van der Waals surface area contributed by atoms with Crippen molar-refractivity contribution in [1.29, 1.82) is 0 Å². The lowest BCUT2D eigenvalue weighted by molar-refractivity contribution is -0.128. The van der Waals surface area contributed by atoms with Crippen molar-refractivity contribution >= 4 is 27.8 Å². The maximum atomic E-state index is 12.2. The number of rotatable bonds is 7. The molecule has 0 bridgehead atoms. The highest BCUT2D eigenvalue weighted by atomic mass is 79.9. The van der Waals surface area contributed by atoms with Crippen molar-refractivity contribution in [2.24, 2.45) is 0 Å². The number of ether oxygens (including phenoxy) is 3. The minimum absolute atomic E-state index is 0.271. The lowest BCUT2D eigenvalue weighted by Gasteiger charge is -2.15. The number of halogens is 1. The SMILES string of the molecule is CCNC(=O)[C@@H](C)OC(=O)c1cc(Br)c(OC)c(OCC)c1. The van der Waals surface area contributed by atoms with E-state index in [1.807, 2.05) is 6.92 Å². The fourth-order valence-corrected chi connectivity index (χ4v) is 2.35. The molecule has 0 fully saturated rings. The third-order valence-corrected chi connectivity index (χ3v) is 3.34. The highest BCUT2D eigenvalue weighted by Crippen LogP contribution is 2.36. The summed E-state index contributed by atoms with van der Waals surface area (Å²) in [5, 5.41) is 2.59. The van der Waals surface area contributed by atoms with E-state index in [0.717, 1.165) is 0 Å². The number of amides is 1. The summed E-state index contributed by atoms with van der Waals surface area (Å²) in [4.78, 5) is 23.8. The van der Waals surface area contributed by atoms with Crippen LogP contribution in [0.15, 0.2) is 16.6 Å². The van der Waals surface area contributed by atoms with Gasteiger partial charge in [-0.2, -0.15) is 0 Å². The van der Waals surface area contributed by atoms with E-state index in [0.29, 0.717) is 29.1 Å². The summed E-state index contributed by atoms with van der Waals surface area (Å²) in [6.07, 6.45) is -0.871. The Balaban J connectivity index is 2.96. The molecule has 0 heterocycles. The number of carbonyl (C=O) groups is 2. The minimum Gasteiger partial charge on any atom is -0.492 e. The average molecular weight is 374 g/mol. The molecule has 7 heteroatoms. The highest BCUT2D eigenvalue weighted by Gasteiger charge is 2.21. The predicted octanol–water partition coefficient (Wildman–Crippen LogP) is 2.54. The number of carbonyl (C=O) groups excluding carboxylic acids is 2. The van der Waals surface area contributed by atoms with Crippen molar-refractivity contribution in [3.8, 4) is 11.5 Å². The number of likely N-dealkylation sites (N-methyl/N-ethyl adjacent to an activating group) is 1. The van der Waals surface area contributed by atoms with Crippen LogP contribution in [-0.4, -0.2) is 38.2 Å². The predicted molar refractivity (Wildman–Crippen MR) is 85.4 cm³/mol. The Bertz CT molecular complexity index is 547. The molecule has 0 aliphatic heterocycles. The average Bonchev–Trinajstić information content (AvgIpc) is 2.47. The van der Waals surface area contributed by atoms with Crippen LogP contribution in [0, 0.1) is 0 Å². The molecule has 0 aromatic heterocycles. The van der Waals surface area contributed by atoms with Gasteiger partial charge in [-0.25, -0.2) is 4.79 Å². The quantitative estimate of drug-likeness (QED) is 0.743. The van der Waals surface area contributed by atoms with E-state index in [4.69, 9.17) is 14.2 Å². The maximum Gasteiger partial charge on any atom is 0.339 e. The van der Waals surface area contributed by atoms with Gasteiger partial charge in [-0.1, -0.05) is 0 Å². The smallest absolute Gasteiger partial charge is 0.339 e. The van der Waals surface area contributed by atoms with Gasteiger partial charge in [0.2, 0.25) is 0 Å². The fraction of sp³-hybridized carbons (Fsp3) is 0.467. The van der Waals surface area contributed by atoms with Gasteiger partial charge >= 0.3 is 5.97 Å². The summed E-state index contributed by atoms with van der Waals surface area (Å²) in [6, 6.07) is 3.09. The van der Waals surface area contributed by atoms with E-state index in [9.17, 15) is 9.59 Å². The molecule has 0 saturated carbocycles. The zero-order valence-electron chi connectivity index (χ0n) is 13.1. The summed E-state index contributed by atoms with van der Waals surface area (Å²) in [5.41, 5.74) is 0.271. The molecule has 122 valence electrons. The van der Waals surface area contributed by atoms with Gasteiger partial charge in [0.15, 0.2) is 17.6 Å². The van der Waals surface area contributed by atoms with E-state index in [1.54, 1.807) is 13.0 Å². The van der Waals surface area contributed by atoms with Gasteiger partial charge in [0, 0.05) is 6.54 Å². The minimum atomic E-state index is -0.871. The van der Waals surface area contributed by atoms with Crippen molar-refractivity contribution in [2.45, 2.75) is 26.9 Å².